The van der Waals surface area contributed by atoms with E-state index < -0.39 is 16.2 Å². The molecular formula is C11H9FN2O2. The third kappa shape index (κ3) is 1.43. The second kappa shape index (κ2) is 3.56. The van der Waals surface area contributed by atoms with Gasteiger partial charge in [0.05, 0.1) is 22.5 Å². The van der Waals surface area contributed by atoms with Crippen LogP contribution in [0.4, 0.5) is 10.1 Å². The summed E-state index contributed by atoms with van der Waals surface area (Å²) < 4.78 is 13.7. The number of nitro groups is 1. The second-order valence-corrected chi connectivity index (χ2v) is 3.97. The Kier molecular flexibility index (Phi) is 2.35. The number of halogens is 1. The zero-order chi connectivity index (χ0) is 11.8. The number of benzene rings is 1. The maximum Gasteiger partial charge on any atom is 0.272 e. The van der Waals surface area contributed by atoms with Gasteiger partial charge in [-0.3, -0.25) is 10.1 Å². The number of nitro benzene ring substituents is 1. The monoisotopic (exact) mass is 220 g/mol. The summed E-state index contributed by atoms with van der Waals surface area (Å²) in [6.45, 7) is 0. The lowest BCUT2D eigenvalue weighted by Gasteiger charge is -2.35. The molecule has 0 radical (unpaired) electrons. The summed E-state index contributed by atoms with van der Waals surface area (Å²) in [5.74, 6) is -0.657. The maximum atomic E-state index is 13.7. The summed E-state index contributed by atoms with van der Waals surface area (Å²) >= 11 is 0. The molecule has 1 aromatic rings. The van der Waals surface area contributed by atoms with Crippen LogP contribution in [0.5, 0.6) is 0 Å². The first-order valence-electron chi connectivity index (χ1n) is 4.95. The van der Waals surface area contributed by atoms with Gasteiger partial charge in [0.2, 0.25) is 0 Å². The summed E-state index contributed by atoms with van der Waals surface area (Å²) in [6, 6.07) is 5.60. The van der Waals surface area contributed by atoms with E-state index in [-0.39, 0.29) is 11.3 Å². The van der Waals surface area contributed by atoms with Crippen molar-refractivity contribution in [3.63, 3.8) is 0 Å². The van der Waals surface area contributed by atoms with E-state index in [0.29, 0.717) is 12.8 Å². The molecule has 2 rings (SSSR count). The number of nitriles is 1. The number of non-ortho nitro benzene ring substituents is 1. The average Bonchev–Trinajstić information content (AvgIpc) is 2.19. The maximum absolute atomic E-state index is 13.7. The largest absolute Gasteiger partial charge is 0.272 e. The van der Waals surface area contributed by atoms with Gasteiger partial charge >= 0.3 is 0 Å². The lowest BCUT2D eigenvalue weighted by molar-refractivity contribution is -0.385. The van der Waals surface area contributed by atoms with E-state index >= 15 is 0 Å². The molecule has 0 aromatic heterocycles. The van der Waals surface area contributed by atoms with Crippen LogP contribution in [0.15, 0.2) is 18.2 Å². The lowest BCUT2D eigenvalue weighted by Crippen LogP contribution is -2.33. The van der Waals surface area contributed by atoms with Gasteiger partial charge in [0.1, 0.15) is 5.82 Å². The number of hydrogen-bond donors (Lipinski definition) is 0. The Hall–Kier alpha value is -1.96. The van der Waals surface area contributed by atoms with Crippen LogP contribution in [-0.4, -0.2) is 4.92 Å². The Morgan fingerprint density at radius 1 is 1.50 bits per heavy atom. The molecule has 0 atom stereocenters. The zero-order valence-corrected chi connectivity index (χ0v) is 8.44. The highest BCUT2D eigenvalue weighted by Gasteiger charge is 2.41. The van der Waals surface area contributed by atoms with Gasteiger partial charge < -0.3 is 0 Å². The molecule has 4 nitrogen and oxygen atoms in total. The van der Waals surface area contributed by atoms with Crippen molar-refractivity contribution in [2.45, 2.75) is 24.7 Å². The summed E-state index contributed by atoms with van der Waals surface area (Å²) in [6.07, 6.45) is 2.14. The standard InChI is InChI=1S/C11H9FN2O2/c12-10-6-8(14(15)16)2-3-9(10)11(7-13)4-1-5-11/h2-3,6H,1,4-5H2. The molecule has 0 heterocycles. The van der Waals surface area contributed by atoms with Crippen molar-refractivity contribution >= 4 is 5.69 Å². The fourth-order valence-electron chi connectivity index (χ4n) is 1.98. The number of rotatable bonds is 2. The average molecular weight is 220 g/mol. The van der Waals surface area contributed by atoms with E-state index in [0.717, 1.165) is 12.5 Å². The fraction of sp³-hybridized carbons (Fsp3) is 0.364. The van der Waals surface area contributed by atoms with E-state index in [1.165, 1.54) is 12.1 Å². The van der Waals surface area contributed by atoms with E-state index in [9.17, 15) is 14.5 Å². The van der Waals surface area contributed by atoms with Gasteiger partial charge in [-0.15, -0.1) is 0 Å². The Morgan fingerprint density at radius 2 is 2.19 bits per heavy atom. The van der Waals surface area contributed by atoms with Crippen molar-refractivity contribution in [2.24, 2.45) is 0 Å². The minimum absolute atomic E-state index is 0.284. The van der Waals surface area contributed by atoms with Gasteiger partial charge in [0.15, 0.2) is 0 Å². The Morgan fingerprint density at radius 3 is 2.56 bits per heavy atom. The van der Waals surface area contributed by atoms with Crippen molar-refractivity contribution in [1.82, 2.24) is 0 Å². The first-order chi connectivity index (χ1) is 7.59. The zero-order valence-electron chi connectivity index (χ0n) is 8.44. The predicted molar refractivity (Wildman–Crippen MR) is 54.2 cm³/mol. The summed E-state index contributed by atoms with van der Waals surface area (Å²) in [4.78, 5) is 9.79. The molecule has 0 saturated heterocycles. The molecule has 0 spiro atoms. The van der Waals surface area contributed by atoms with E-state index in [1.807, 2.05) is 0 Å². The fourth-order valence-corrected chi connectivity index (χ4v) is 1.98. The summed E-state index contributed by atoms with van der Waals surface area (Å²) in [5, 5.41) is 19.5. The van der Waals surface area contributed by atoms with Gasteiger partial charge in [0, 0.05) is 11.6 Å². The molecule has 1 aliphatic carbocycles. The second-order valence-electron chi connectivity index (χ2n) is 3.97. The molecule has 5 heteroatoms. The number of hydrogen-bond acceptors (Lipinski definition) is 3. The molecule has 1 saturated carbocycles. The Bertz CT molecular complexity index is 489. The molecule has 16 heavy (non-hydrogen) atoms. The molecule has 0 amide bonds. The third-order valence-corrected chi connectivity index (χ3v) is 3.10. The molecule has 0 bridgehead atoms. The van der Waals surface area contributed by atoms with Crippen LogP contribution in [0.3, 0.4) is 0 Å². The van der Waals surface area contributed by atoms with Crippen molar-refractivity contribution in [3.05, 3.63) is 39.7 Å². The molecule has 1 aliphatic rings. The highest BCUT2D eigenvalue weighted by Crippen LogP contribution is 2.44. The third-order valence-electron chi connectivity index (χ3n) is 3.10. The highest BCUT2D eigenvalue weighted by atomic mass is 19.1. The molecule has 1 aromatic carbocycles. The Labute approximate surface area is 91.5 Å². The minimum Gasteiger partial charge on any atom is -0.258 e. The SMILES string of the molecule is N#CC1(c2ccc([N+](=O)[O-])cc2F)CCC1. The normalized spacial score (nSPS) is 17.2. The van der Waals surface area contributed by atoms with Gasteiger partial charge in [-0.25, -0.2) is 4.39 Å². The topological polar surface area (TPSA) is 66.9 Å². The van der Waals surface area contributed by atoms with Gasteiger partial charge in [-0.1, -0.05) is 0 Å². The van der Waals surface area contributed by atoms with E-state index in [2.05, 4.69) is 6.07 Å². The molecular weight excluding hydrogens is 211 g/mol. The molecule has 0 unspecified atom stereocenters. The molecule has 1 fully saturated rings. The van der Waals surface area contributed by atoms with Crippen LogP contribution in [0, 0.1) is 27.3 Å². The van der Waals surface area contributed by atoms with Crippen molar-refractivity contribution in [2.75, 3.05) is 0 Å². The highest BCUT2D eigenvalue weighted by molar-refractivity contribution is 5.42. The van der Waals surface area contributed by atoms with Crippen molar-refractivity contribution < 1.29 is 9.31 Å². The van der Waals surface area contributed by atoms with Crippen LogP contribution < -0.4 is 0 Å². The van der Waals surface area contributed by atoms with E-state index in [4.69, 9.17) is 5.26 Å². The van der Waals surface area contributed by atoms with Crippen LogP contribution in [0.2, 0.25) is 0 Å². The van der Waals surface area contributed by atoms with Gasteiger partial charge in [-0.2, -0.15) is 5.26 Å². The van der Waals surface area contributed by atoms with E-state index in [1.54, 1.807) is 0 Å². The number of nitrogens with zero attached hydrogens (tertiary/aromatic N) is 2. The smallest absolute Gasteiger partial charge is 0.258 e. The van der Waals surface area contributed by atoms with Crippen LogP contribution >= 0.6 is 0 Å². The lowest BCUT2D eigenvalue weighted by atomic mass is 9.65. The van der Waals surface area contributed by atoms with Crippen molar-refractivity contribution in [1.29, 1.82) is 5.26 Å². The van der Waals surface area contributed by atoms with Gasteiger partial charge in [-0.05, 0) is 25.3 Å². The first kappa shape index (κ1) is 10.6. The molecule has 82 valence electrons. The predicted octanol–water partition coefficient (Wildman–Crippen LogP) is 2.68. The summed E-state index contributed by atoms with van der Waals surface area (Å²) in [5.41, 5.74) is -0.764. The Balaban J connectivity index is 2.44. The quantitative estimate of drug-likeness (QED) is 0.568. The first-order valence-corrected chi connectivity index (χ1v) is 4.95. The van der Waals surface area contributed by atoms with Crippen LogP contribution in [0.25, 0.3) is 0 Å². The van der Waals surface area contributed by atoms with Gasteiger partial charge in [0.25, 0.3) is 5.69 Å². The summed E-state index contributed by atoms with van der Waals surface area (Å²) in [7, 11) is 0. The molecule has 0 N–H and O–H groups in total. The van der Waals surface area contributed by atoms with Crippen molar-refractivity contribution in [3.8, 4) is 6.07 Å². The minimum atomic E-state index is -0.765. The van der Waals surface area contributed by atoms with Crippen LogP contribution in [0.1, 0.15) is 24.8 Å². The molecule has 0 aliphatic heterocycles. The van der Waals surface area contributed by atoms with Crippen LogP contribution in [-0.2, 0) is 5.41 Å².